The molecule has 1 aromatic carbocycles. The molecule has 1 N–H and O–H groups in total. The van der Waals surface area contributed by atoms with Crippen molar-refractivity contribution in [2.75, 3.05) is 11.9 Å². The highest BCUT2D eigenvalue weighted by Gasteiger charge is 2.23. The van der Waals surface area contributed by atoms with Crippen LogP contribution >= 0.6 is 0 Å². The lowest BCUT2D eigenvalue weighted by molar-refractivity contribution is -0.111. The monoisotopic (exact) mass is 404 g/mol. The molecule has 0 fully saturated rings. The average molecular weight is 405 g/mol. The van der Waals surface area contributed by atoms with Crippen molar-refractivity contribution < 1.29 is 13.9 Å². The molecule has 0 bridgehead atoms. The van der Waals surface area contributed by atoms with Crippen molar-refractivity contribution in [1.29, 1.82) is 0 Å². The van der Waals surface area contributed by atoms with Crippen molar-refractivity contribution in [1.82, 2.24) is 4.98 Å². The van der Waals surface area contributed by atoms with Gasteiger partial charge >= 0.3 is 0 Å². The molecule has 0 saturated heterocycles. The van der Waals surface area contributed by atoms with E-state index in [4.69, 9.17) is 9.15 Å². The van der Waals surface area contributed by atoms with Crippen molar-refractivity contribution in [2.24, 2.45) is 0 Å². The number of ether oxygens (including phenoxy) is 1. The molecule has 0 aliphatic heterocycles. The van der Waals surface area contributed by atoms with E-state index < -0.39 is 0 Å². The molecule has 3 aromatic rings. The maximum absolute atomic E-state index is 12.6. The zero-order valence-corrected chi connectivity index (χ0v) is 18.1. The van der Waals surface area contributed by atoms with E-state index in [1.165, 1.54) is 18.4 Å². The predicted molar refractivity (Wildman–Crippen MR) is 120 cm³/mol. The number of carbonyl (C=O) groups is 1. The van der Waals surface area contributed by atoms with Crippen LogP contribution in [0.25, 0.3) is 16.5 Å². The summed E-state index contributed by atoms with van der Waals surface area (Å²) in [4.78, 5) is 17.0. The van der Waals surface area contributed by atoms with Crippen molar-refractivity contribution >= 4 is 28.3 Å². The molecule has 2 heterocycles. The molecule has 1 amide bonds. The fraction of sp³-hybridized carbons (Fsp3) is 0.360. The highest BCUT2D eigenvalue weighted by atomic mass is 16.5. The Kier molecular flexibility index (Phi) is 5.62. The Morgan fingerprint density at radius 1 is 1.27 bits per heavy atom. The van der Waals surface area contributed by atoms with E-state index in [0.29, 0.717) is 12.4 Å². The summed E-state index contributed by atoms with van der Waals surface area (Å²) in [6.07, 6.45) is 5.99. The van der Waals surface area contributed by atoms with Crippen LogP contribution in [0.1, 0.15) is 54.8 Å². The van der Waals surface area contributed by atoms with Gasteiger partial charge < -0.3 is 14.5 Å². The molecule has 0 atom stereocenters. The van der Waals surface area contributed by atoms with Gasteiger partial charge in [0.2, 0.25) is 5.91 Å². The lowest BCUT2D eigenvalue weighted by atomic mass is 9.93. The van der Waals surface area contributed by atoms with Gasteiger partial charge in [0.25, 0.3) is 0 Å². The minimum Gasteiger partial charge on any atom is -0.493 e. The van der Waals surface area contributed by atoms with E-state index in [0.717, 1.165) is 57.7 Å². The topological polar surface area (TPSA) is 64.4 Å². The molecule has 0 radical (unpaired) electrons. The molecular formula is C25H28N2O3. The van der Waals surface area contributed by atoms with Crippen LogP contribution in [0.3, 0.4) is 0 Å². The third-order valence-electron chi connectivity index (χ3n) is 5.63. The molecule has 5 nitrogen and oxygen atoms in total. The Bertz CT molecular complexity index is 1140. The standard InChI is InChI=1S/C25H28N2O3/c1-5-29-24-17(4)25-20(18-10-6-7-11-21(18)30-25)14-19(24)15(2)13-23(28)27-22-12-8-9-16(3)26-22/h8-9,12-14H,5-7,10-11H2,1-4H3,(H,26,27,28)/b15-13+. The van der Waals surface area contributed by atoms with Crippen LogP contribution in [-0.2, 0) is 17.6 Å². The third-order valence-corrected chi connectivity index (χ3v) is 5.63. The number of benzene rings is 1. The quantitative estimate of drug-likeness (QED) is 0.549. The van der Waals surface area contributed by atoms with Gasteiger partial charge in [0.1, 0.15) is 22.9 Å². The number of aryl methyl sites for hydroxylation is 4. The second-order valence-electron chi connectivity index (χ2n) is 7.88. The summed E-state index contributed by atoms with van der Waals surface area (Å²) in [5, 5.41) is 3.99. The maximum Gasteiger partial charge on any atom is 0.249 e. The number of furan rings is 1. The molecule has 2 aromatic heterocycles. The highest BCUT2D eigenvalue weighted by Crippen LogP contribution is 2.41. The van der Waals surface area contributed by atoms with Gasteiger partial charge in [-0.25, -0.2) is 4.98 Å². The number of hydrogen-bond acceptors (Lipinski definition) is 4. The smallest absolute Gasteiger partial charge is 0.249 e. The fourth-order valence-corrected chi connectivity index (χ4v) is 4.21. The molecular weight excluding hydrogens is 376 g/mol. The van der Waals surface area contributed by atoms with E-state index in [2.05, 4.69) is 16.4 Å². The minimum absolute atomic E-state index is 0.208. The summed E-state index contributed by atoms with van der Waals surface area (Å²) < 4.78 is 12.2. The van der Waals surface area contributed by atoms with Gasteiger partial charge in [-0.2, -0.15) is 0 Å². The first kappa shape index (κ1) is 20.2. The van der Waals surface area contributed by atoms with Gasteiger partial charge in [-0.1, -0.05) is 6.07 Å². The SMILES string of the molecule is CCOc1c(/C(C)=C/C(=O)Nc2cccc(C)n2)cc2c3c(oc2c1C)CCCC3. The van der Waals surface area contributed by atoms with Crippen molar-refractivity contribution in [2.45, 2.75) is 53.4 Å². The lowest BCUT2D eigenvalue weighted by Gasteiger charge is -2.15. The summed E-state index contributed by atoms with van der Waals surface area (Å²) >= 11 is 0. The first-order valence-electron chi connectivity index (χ1n) is 10.6. The molecule has 4 rings (SSSR count). The number of nitrogens with one attached hydrogen (secondary N) is 1. The Hall–Kier alpha value is -3.08. The average Bonchev–Trinajstić information content (AvgIpc) is 3.09. The van der Waals surface area contributed by atoms with E-state index in [9.17, 15) is 4.79 Å². The van der Waals surface area contributed by atoms with Gasteiger partial charge in [-0.3, -0.25) is 4.79 Å². The largest absolute Gasteiger partial charge is 0.493 e. The van der Waals surface area contributed by atoms with Gasteiger partial charge in [0.05, 0.1) is 6.61 Å². The fourth-order valence-electron chi connectivity index (χ4n) is 4.21. The van der Waals surface area contributed by atoms with E-state index in [-0.39, 0.29) is 5.91 Å². The number of pyridine rings is 1. The van der Waals surface area contributed by atoms with E-state index in [1.54, 1.807) is 12.1 Å². The summed E-state index contributed by atoms with van der Waals surface area (Å²) in [6, 6.07) is 7.69. The molecule has 1 aliphatic rings. The minimum atomic E-state index is -0.208. The molecule has 1 aliphatic carbocycles. The van der Waals surface area contributed by atoms with Crippen LogP contribution in [0.15, 0.2) is 34.8 Å². The molecule has 0 saturated carbocycles. The normalized spacial score (nSPS) is 13.9. The van der Waals surface area contributed by atoms with Crippen LogP contribution in [0, 0.1) is 13.8 Å². The zero-order chi connectivity index (χ0) is 21.3. The molecule has 30 heavy (non-hydrogen) atoms. The number of nitrogens with zero attached hydrogens (tertiary/aromatic N) is 1. The Morgan fingerprint density at radius 2 is 2.07 bits per heavy atom. The van der Waals surface area contributed by atoms with Gasteiger partial charge in [0, 0.05) is 40.3 Å². The van der Waals surface area contributed by atoms with Crippen molar-refractivity contribution in [3.05, 3.63) is 58.5 Å². The number of amides is 1. The van der Waals surface area contributed by atoms with E-state index in [1.807, 2.05) is 39.8 Å². The van der Waals surface area contributed by atoms with Crippen molar-refractivity contribution in [3.63, 3.8) is 0 Å². The first-order valence-corrected chi connectivity index (χ1v) is 10.6. The van der Waals surface area contributed by atoms with Crippen LogP contribution < -0.4 is 10.1 Å². The van der Waals surface area contributed by atoms with Crippen molar-refractivity contribution in [3.8, 4) is 5.75 Å². The lowest BCUT2D eigenvalue weighted by Crippen LogP contribution is -2.10. The second kappa shape index (κ2) is 8.34. The molecule has 0 spiro atoms. The maximum atomic E-state index is 12.6. The van der Waals surface area contributed by atoms with Gasteiger partial charge in [-0.05, 0) is 70.7 Å². The number of fused-ring (bicyclic) bond motifs is 3. The number of rotatable bonds is 5. The Balaban J connectivity index is 1.74. The molecule has 0 unspecified atom stereocenters. The van der Waals surface area contributed by atoms with E-state index >= 15 is 0 Å². The predicted octanol–water partition coefficient (Wildman–Crippen LogP) is 5.76. The van der Waals surface area contributed by atoms with Gasteiger partial charge in [-0.15, -0.1) is 0 Å². The highest BCUT2D eigenvalue weighted by molar-refractivity contribution is 6.04. The third kappa shape index (κ3) is 3.84. The van der Waals surface area contributed by atoms with Gasteiger partial charge in [0.15, 0.2) is 0 Å². The number of anilines is 1. The summed E-state index contributed by atoms with van der Waals surface area (Å²) in [5.41, 5.74) is 5.85. The first-order chi connectivity index (χ1) is 14.5. The van der Waals surface area contributed by atoms with Crippen LogP contribution in [-0.4, -0.2) is 17.5 Å². The molecule has 5 heteroatoms. The number of allylic oxidation sites excluding steroid dienone is 1. The summed E-state index contributed by atoms with van der Waals surface area (Å²) in [5.74, 6) is 2.22. The number of carbonyl (C=O) groups excluding carboxylic acids is 1. The second-order valence-corrected chi connectivity index (χ2v) is 7.88. The van der Waals surface area contributed by atoms with Crippen LogP contribution in [0.2, 0.25) is 0 Å². The van der Waals surface area contributed by atoms with Crippen LogP contribution in [0.4, 0.5) is 5.82 Å². The summed E-state index contributed by atoms with van der Waals surface area (Å²) in [6.45, 7) is 8.39. The Labute approximate surface area is 177 Å². The number of hydrogen-bond donors (Lipinski definition) is 1. The van der Waals surface area contributed by atoms with Crippen LogP contribution in [0.5, 0.6) is 5.75 Å². The molecule has 156 valence electrons. The summed E-state index contributed by atoms with van der Waals surface area (Å²) in [7, 11) is 0. The Morgan fingerprint density at radius 3 is 2.83 bits per heavy atom. The number of aromatic nitrogens is 1. The zero-order valence-electron chi connectivity index (χ0n) is 18.1.